The second kappa shape index (κ2) is 7.43. The summed E-state index contributed by atoms with van der Waals surface area (Å²) in [6, 6.07) is 7.40. The Balaban J connectivity index is 1.28. The van der Waals surface area contributed by atoms with Crippen LogP contribution in [0.2, 0.25) is 0 Å². The summed E-state index contributed by atoms with van der Waals surface area (Å²) < 4.78 is 6.60. The molecule has 2 aromatic rings. The highest BCUT2D eigenvalue weighted by molar-refractivity contribution is 5.79. The van der Waals surface area contributed by atoms with Crippen LogP contribution in [0, 0.1) is 5.92 Å². The Kier molecular flexibility index (Phi) is 4.59. The summed E-state index contributed by atoms with van der Waals surface area (Å²) in [5.74, 6) is 1.44. The Morgan fingerprint density at radius 3 is 2.89 bits per heavy atom. The number of hydrogen-bond acceptors (Lipinski definition) is 6. The Labute approximate surface area is 205 Å². The fourth-order valence-electron chi connectivity index (χ4n) is 7.84. The third-order valence-electron chi connectivity index (χ3n) is 9.70. The number of aromatic nitrogens is 1. The van der Waals surface area contributed by atoms with Crippen LogP contribution in [0.4, 0.5) is 0 Å². The van der Waals surface area contributed by atoms with Crippen molar-refractivity contribution in [3.05, 3.63) is 53.3 Å². The predicted molar refractivity (Wildman–Crippen MR) is 129 cm³/mol. The number of aliphatic hydroxyl groups is 1. The standard InChI is InChI=1S/C28H33N3O4/c1-30(23(33)13-18-3-2-11-29-15-18)20-8-9-28(34)22-14-19-6-7-21(32)25-24(19)27(28,26(20)35-25)10-12-31(22)16-17-4-5-17/h2-3,6-7,11,15,17,20,22,26,32,34H,4-5,8-10,12-14,16H2,1H3/t20-,22+,26-,27-,28+/m0/s1. The number of carbonyl (C=O) groups excluding carboxylic acids is 1. The molecule has 5 atom stereocenters. The summed E-state index contributed by atoms with van der Waals surface area (Å²) in [6.45, 7) is 1.97. The van der Waals surface area contributed by atoms with Crippen molar-refractivity contribution in [3.8, 4) is 11.5 Å². The van der Waals surface area contributed by atoms with Crippen molar-refractivity contribution in [2.24, 2.45) is 5.92 Å². The second-order valence-electron chi connectivity index (χ2n) is 11.4. The third kappa shape index (κ3) is 2.91. The van der Waals surface area contributed by atoms with Crippen molar-refractivity contribution in [1.29, 1.82) is 0 Å². The fraction of sp³-hybridized carbons (Fsp3) is 0.571. The molecule has 5 aliphatic rings. The van der Waals surface area contributed by atoms with Gasteiger partial charge in [0, 0.05) is 37.6 Å². The summed E-state index contributed by atoms with van der Waals surface area (Å²) in [4.78, 5) is 21.9. The number of nitrogens with zero attached hydrogens (tertiary/aromatic N) is 3. The SMILES string of the molecule is CN(C(=O)Cc1cccnc1)[C@H]1CC[C@@]2(O)[C@H]3Cc4ccc(O)c5c4[C@@]2(CCN3CC2CC2)[C@H]1O5. The number of likely N-dealkylation sites (tertiary alicyclic amines) is 1. The Morgan fingerprint density at radius 2 is 2.11 bits per heavy atom. The number of phenols is 1. The molecule has 7 rings (SSSR count). The largest absolute Gasteiger partial charge is 0.504 e. The van der Waals surface area contributed by atoms with Crippen LogP contribution in [0.5, 0.6) is 11.5 Å². The minimum absolute atomic E-state index is 0.0207. The highest BCUT2D eigenvalue weighted by Gasteiger charge is 2.73. The minimum atomic E-state index is -0.930. The summed E-state index contributed by atoms with van der Waals surface area (Å²) in [5.41, 5.74) is 1.54. The normalized spacial score (nSPS) is 34.7. The van der Waals surface area contributed by atoms with Crippen LogP contribution >= 0.6 is 0 Å². The van der Waals surface area contributed by atoms with E-state index in [-0.39, 0.29) is 36.3 Å². The molecule has 1 saturated heterocycles. The zero-order valence-electron chi connectivity index (χ0n) is 20.2. The molecule has 3 heterocycles. The summed E-state index contributed by atoms with van der Waals surface area (Å²) in [6.07, 6.45) is 8.80. The van der Waals surface area contributed by atoms with Crippen molar-refractivity contribution in [2.75, 3.05) is 20.1 Å². The molecule has 2 aliphatic heterocycles. The Hall–Kier alpha value is -2.64. The molecule has 2 N–H and O–H groups in total. The topological polar surface area (TPSA) is 86.1 Å². The van der Waals surface area contributed by atoms with E-state index in [0.29, 0.717) is 18.6 Å². The van der Waals surface area contributed by atoms with Gasteiger partial charge in [-0.3, -0.25) is 14.7 Å². The molecule has 0 radical (unpaired) electrons. The van der Waals surface area contributed by atoms with Gasteiger partial charge in [0.25, 0.3) is 0 Å². The molecule has 1 spiro atoms. The molecule has 35 heavy (non-hydrogen) atoms. The van der Waals surface area contributed by atoms with Crippen molar-refractivity contribution in [1.82, 2.24) is 14.8 Å². The van der Waals surface area contributed by atoms with Crippen LogP contribution in [-0.4, -0.2) is 74.8 Å². The van der Waals surface area contributed by atoms with E-state index in [4.69, 9.17) is 4.74 Å². The van der Waals surface area contributed by atoms with Crippen LogP contribution in [0.15, 0.2) is 36.7 Å². The van der Waals surface area contributed by atoms with E-state index < -0.39 is 11.0 Å². The van der Waals surface area contributed by atoms with E-state index in [0.717, 1.165) is 43.0 Å². The predicted octanol–water partition coefficient (Wildman–Crippen LogP) is 2.42. The summed E-state index contributed by atoms with van der Waals surface area (Å²) >= 11 is 0. The lowest BCUT2D eigenvalue weighted by atomic mass is 9.48. The molecule has 1 aromatic heterocycles. The quantitative estimate of drug-likeness (QED) is 0.691. The number of carbonyl (C=O) groups is 1. The summed E-state index contributed by atoms with van der Waals surface area (Å²) in [5, 5.41) is 23.4. The zero-order valence-corrected chi connectivity index (χ0v) is 20.2. The molecule has 2 saturated carbocycles. The fourth-order valence-corrected chi connectivity index (χ4v) is 7.84. The smallest absolute Gasteiger partial charge is 0.227 e. The molecule has 184 valence electrons. The van der Waals surface area contributed by atoms with Gasteiger partial charge in [0.2, 0.25) is 5.91 Å². The molecule has 1 amide bonds. The number of likely N-dealkylation sites (N-methyl/N-ethyl adjacent to an activating group) is 1. The first-order valence-electron chi connectivity index (χ1n) is 13.1. The number of pyridine rings is 1. The van der Waals surface area contributed by atoms with Gasteiger partial charge < -0.3 is 19.8 Å². The number of hydrogen-bond donors (Lipinski definition) is 2. The van der Waals surface area contributed by atoms with Crippen LogP contribution in [0.1, 0.15) is 48.8 Å². The third-order valence-corrected chi connectivity index (χ3v) is 9.70. The van der Waals surface area contributed by atoms with Gasteiger partial charge in [-0.25, -0.2) is 0 Å². The number of amides is 1. The second-order valence-corrected chi connectivity index (χ2v) is 11.4. The lowest BCUT2D eigenvalue weighted by Crippen LogP contribution is -2.78. The van der Waals surface area contributed by atoms with Crippen LogP contribution < -0.4 is 4.74 Å². The first kappa shape index (κ1) is 21.6. The van der Waals surface area contributed by atoms with E-state index in [1.54, 1.807) is 18.5 Å². The maximum atomic E-state index is 13.4. The average Bonchev–Trinajstić information content (AvgIpc) is 3.60. The van der Waals surface area contributed by atoms with Gasteiger partial charge in [-0.1, -0.05) is 12.1 Å². The number of benzene rings is 1. The van der Waals surface area contributed by atoms with Crippen molar-refractivity contribution in [2.45, 2.75) is 74.1 Å². The average molecular weight is 476 g/mol. The molecule has 7 nitrogen and oxygen atoms in total. The monoisotopic (exact) mass is 475 g/mol. The molecular formula is C28H33N3O4. The van der Waals surface area contributed by atoms with E-state index >= 15 is 0 Å². The molecule has 7 heteroatoms. The van der Waals surface area contributed by atoms with Gasteiger partial charge in [-0.15, -0.1) is 0 Å². The number of rotatable bonds is 5. The van der Waals surface area contributed by atoms with Gasteiger partial charge in [-0.05, 0) is 74.2 Å². The van der Waals surface area contributed by atoms with Crippen LogP contribution in [0.3, 0.4) is 0 Å². The first-order chi connectivity index (χ1) is 16.9. The number of ether oxygens (including phenoxy) is 1. The van der Waals surface area contributed by atoms with Gasteiger partial charge in [0.15, 0.2) is 11.5 Å². The Morgan fingerprint density at radius 1 is 1.26 bits per heavy atom. The van der Waals surface area contributed by atoms with E-state index in [1.165, 1.54) is 18.4 Å². The Bertz CT molecular complexity index is 1180. The zero-order chi connectivity index (χ0) is 23.9. The molecular weight excluding hydrogens is 442 g/mol. The molecule has 3 fully saturated rings. The van der Waals surface area contributed by atoms with Crippen molar-refractivity contribution < 1.29 is 19.7 Å². The van der Waals surface area contributed by atoms with Crippen molar-refractivity contribution in [3.63, 3.8) is 0 Å². The highest BCUT2D eigenvalue weighted by atomic mass is 16.5. The van der Waals surface area contributed by atoms with Gasteiger partial charge >= 0.3 is 0 Å². The van der Waals surface area contributed by atoms with E-state index in [9.17, 15) is 15.0 Å². The minimum Gasteiger partial charge on any atom is -0.504 e. The van der Waals surface area contributed by atoms with E-state index in [1.807, 2.05) is 30.1 Å². The van der Waals surface area contributed by atoms with Crippen molar-refractivity contribution >= 4 is 5.91 Å². The van der Waals surface area contributed by atoms with Gasteiger partial charge in [0.1, 0.15) is 6.10 Å². The lowest BCUT2D eigenvalue weighted by Gasteiger charge is -2.64. The van der Waals surface area contributed by atoms with E-state index in [2.05, 4.69) is 9.88 Å². The van der Waals surface area contributed by atoms with Crippen LogP contribution in [0.25, 0.3) is 0 Å². The van der Waals surface area contributed by atoms with Crippen LogP contribution in [-0.2, 0) is 23.1 Å². The molecule has 1 aromatic carbocycles. The number of piperidine rings is 1. The molecule has 2 bridgehead atoms. The van der Waals surface area contributed by atoms with Gasteiger partial charge in [0.05, 0.1) is 23.5 Å². The maximum absolute atomic E-state index is 13.4. The first-order valence-corrected chi connectivity index (χ1v) is 13.1. The number of phenolic OH excluding ortho intramolecular Hbond substituents is 1. The lowest BCUT2D eigenvalue weighted by molar-refractivity contribution is -0.200. The highest BCUT2D eigenvalue weighted by Crippen LogP contribution is 2.66. The summed E-state index contributed by atoms with van der Waals surface area (Å²) in [7, 11) is 1.86. The molecule has 3 aliphatic carbocycles. The maximum Gasteiger partial charge on any atom is 0.227 e. The number of aromatic hydroxyl groups is 1. The van der Waals surface area contributed by atoms with Gasteiger partial charge in [-0.2, -0.15) is 0 Å². The molecule has 0 unspecified atom stereocenters.